The van der Waals surface area contributed by atoms with Crippen molar-refractivity contribution in [3.63, 3.8) is 0 Å². The van der Waals surface area contributed by atoms with Crippen LogP contribution >= 0.6 is 0 Å². The zero-order chi connectivity index (χ0) is 21.5. The first-order valence-electron chi connectivity index (χ1n) is 9.49. The van der Waals surface area contributed by atoms with Gasteiger partial charge in [-0.2, -0.15) is 0 Å². The lowest BCUT2D eigenvalue weighted by atomic mass is 10.1. The van der Waals surface area contributed by atoms with Gasteiger partial charge in [-0.15, -0.1) is 13.2 Å². The van der Waals surface area contributed by atoms with Gasteiger partial charge in [0, 0.05) is 32.2 Å². The Hall–Kier alpha value is -1.96. The molecule has 1 saturated heterocycles. The number of amides is 1. The molecule has 1 aliphatic rings. The summed E-state index contributed by atoms with van der Waals surface area (Å²) in [5.74, 6) is -0.232. The van der Waals surface area contributed by atoms with E-state index >= 15 is 0 Å². The molecule has 0 bridgehead atoms. The molecule has 0 aromatic heterocycles. The van der Waals surface area contributed by atoms with Crippen molar-refractivity contribution in [3.8, 4) is 5.75 Å². The van der Waals surface area contributed by atoms with E-state index in [9.17, 15) is 18.0 Å². The first-order valence-corrected chi connectivity index (χ1v) is 9.49. The Morgan fingerprint density at radius 3 is 2.14 bits per heavy atom. The molecule has 0 N–H and O–H groups in total. The number of hydrogen-bond acceptors (Lipinski definition) is 4. The summed E-state index contributed by atoms with van der Waals surface area (Å²) in [5, 5.41) is 0. The number of carbonyl (C=O) groups excluding carboxylic acids is 1. The van der Waals surface area contributed by atoms with E-state index in [2.05, 4.69) is 9.64 Å². The number of halogens is 3. The predicted molar refractivity (Wildman–Crippen MR) is 102 cm³/mol. The van der Waals surface area contributed by atoms with Crippen LogP contribution in [0.1, 0.15) is 47.1 Å². The maximum absolute atomic E-state index is 12.2. The van der Waals surface area contributed by atoms with Gasteiger partial charge in [-0.1, -0.05) is 26.0 Å². The standard InChI is InChI=1S/C18H25F3N2O3.C2H6/c1-13-11-23(16(24)26-17(2,3)4)10-9-22(13)12-14-5-7-15(8-6-14)25-18(19,20)21;1-2/h5-8,13H,9-12H2,1-4H3;1-2H3. The van der Waals surface area contributed by atoms with Crippen molar-refractivity contribution in [3.05, 3.63) is 29.8 Å². The summed E-state index contributed by atoms with van der Waals surface area (Å²) >= 11 is 0. The largest absolute Gasteiger partial charge is 0.573 e. The summed E-state index contributed by atoms with van der Waals surface area (Å²) in [6, 6.07) is 5.97. The molecule has 1 heterocycles. The van der Waals surface area contributed by atoms with Gasteiger partial charge in [0.25, 0.3) is 0 Å². The fourth-order valence-electron chi connectivity index (χ4n) is 2.75. The van der Waals surface area contributed by atoms with Crippen molar-refractivity contribution in [1.82, 2.24) is 9.80 Å². The van der Waals surface area contributed by atoms with Gasteiger partial charge < -0.3 is 14.4 Å². The molecule has 0 spiro atoms. The van der Waals surface area contributed by atoms with Crippen molar-refractivity contribution in [2.75, 3.05) is 19.6 Å². The summed E-state index contributed by atoms with van der Waals surface area (Å²) in [6.07, 6.45) is -5.01. The topological polar surface area (TPSA) is 42.0 Å². The predicted octanol–water partition coefficient (Wildman–Crippen LogP) is 5.05. The van der Waals surface area contributed by atoms with E-state index in [-0.39, 0.29) is 17.9 Å². The van der Waals surface area contributed by atoms with Crippen LogP contribution in [0.15, 0.2) is 24.3 Å². The lowest BCUT2D eigenvalue weighted by Gasteiger charge is -2.40. The third kappa shape index (κ3) is 8.37. The maximum atomic E-state index is 12.2. The Morgan fingerprint density at radius 2 is 1.68 bits per heavy atom. The van der Waals surface area contributed by atoms with Gasteiger partial charge in [0.2, 0.25) is 0 Å². The van der Waals surface area contributed by atoms with Gasteiger partial charge in [-0.3, -0.25) is 4.90 Å². The Balaban J connectivity index is 0.00000190. The lowest BCUT2D eigenvalue weighted by Crippen LogP contribution is -2.54. The molecule has 1 amide bonds. The number of ether oxygens (including phenoxy) is 2. The Morgan fingerprint density at radius 1 is 1.11 bits per heavy atom. The van der Waals surface area contributed by atoms with Crippen LogP contribution in [-0.4, -0.2) is 53.5 Å². The number of carbonyl (C=O) groups is 1. The van der Waals surface area contributed by atoms with E-state index in [0.29, 0.717) is 26.2 Å². The summed E-state index contributed by atoms with van der Waals surface area (Å²) in [6.45, 7) is 13.9. The van der Waals surface area contributed by atoms with E-state index in [1.807, 2.05) is 41.5 Å². The minimum absolute atomic E-state index is 0.113. The highest BCUT2D eigenvalue weighted by Crippen LogP contribution is 2.24. The van der Waals surface area contributed by atoms with Crippen LogP contribution in [0, 0.1) is 0 Å². The number of hydrogen-bond donors (Lipinski definition) is 0. The van der Waals surface area contributed by atoms with Crippen LogP contribution in [0.2, 0.25) is 0 Å². The van der Waals surface area contributed by atoms with Gasteiger partial charge >= 0.3 is 12.5 Å². The van der Waals surface area contributed by atoms with E-state index in [0.717, 1.165) is 5.56 Å². The van der Waals surface area contributed by atoms with E-state index < -0.39 is 12.0 Å². The first-order chi connectivity index (χ1) is 12.9. The third-order valence-corrected chi connectivity index (χ3v) is 3.96. The Labute approximate surface area is 165 Å². The molecular formula is C20H31F3N2O3. The van der Waals surface area contributed by atoms with Crippen LogP contribution in [0.5, 0.6) is 5.75 Å². The van der Waals surface area contributed by atoms with Gasteiger partial charge in [0.05, 0.1) is 0 Å². The second-order valence-electron chi connectivity index (χ2n) is 7.44. The minimum Gasteiger partial charge on any atom is -0.444 e. The molecule has 1 aliphatic heterocycles. The highest BCUT2D eigenvalue weighted by Gasteiger charge is 2.31. The summed E-state index contributed by atoms with van der Waals surface area (Å²) < 4.78 is 45.9. The van der Waals surface area contributed by atoms with Crippen LogP contribution in [0.25, 0.3) is 0 Å². The minimum atomic E-state index is -4.69. The molecule has 1 aromatic carbocycles. The molecule has 160 valence electrons. The molecular weight excluding hydrogens is 373 g/mol. The van der Waals surface area contributed by atoms with Gasteiger partial charge in [0.15, 0.2) is 0 Å². The SMILES string of the molecule is CC.CC1CN(C(=O)OC(C)(C)C)CCN1Cc1ccc(OC(F)(F)F)cc1. The molecule has 5 nitrogen and oxygen atoms in total. The second kappa shape index (κ2) is 10.0. The number of alkyl halides is 3. The van der Waals surface area contributed by atoms with Crippen molar-refractivity contribution < 1.29 is 27.4 Å². The molecule has 0 aliphatic carbocycles. The summed E-state index contributed by atoms with van der Waals surface area (Å²) in [5.41, 5.74) is 0.356. The average molecular weight is 404 g/mol. The zero-order valence-corrected chi connectivity index (χ0v) is 17.5. The fourth-order valence-corrected chi connectivity index (χ4v) is 2.75. The monoisotopic (exact) mass is 404 g/mol. The third-order valence-electron chi connectivity index (χ3n) is 3.96. The number of piperazine rings is 1. The molecule has 2 rings (SSSR count). The van der Waals surface area contributed by atoms with Crippen molar-refractivity contribution >= 4 is 6.09 Å². The molecule has 0 radical (unpaired) electrons. The van der Waals surface area contributed by atoms with E-state index in [4.69, 9.17) is 4.74 Å². The summed E-state index contributed by atoms with van der Waals surface area (Å²) in [7, 11) is 0. The van der Waals surface area contributed by atoms with Crippen LogP contribution in [0.3, 0.4) is 0 Å². The zero-order valence-electron chi connectivity index (χ0n) is 17.5. The molecule has 28 heavy (non-hydrogen) atoms. The van der Waals surface area contributed by atoms with Gasteiger partial charge in [-0.05, 0) is 45.4 Å². The van der Waals surface area contributed by atoms with Crippen LogP contribution < -0.4 is 4.74 Å². The highest BCUT2D eigenvalue weighted by molar-refractivity contribution is 5.68. The second-order valence-corrected chi connectivity index (χ2v) is 7.44. The summed E-state index contributed by atoms with van der Waals surface area (Å²) in [4.78, 5) is 16.0. The van der Waals surface area contributed by atoms with Crippen LogP contribution in [0.4, 0.5) is 18.0 Å². The van der Waals surface area contributed by atoms with Gasteiger partial charge in [-0.25, -0.2) is 4.79 Å². The molecule has 0 saturated carbocycles. The van der Waals surface area contributed by atoms with Crippen molar-refractivity contribution in [1.29, 1.82) is 0 Å². The van der Waals surface area contributed by atoms with Crippen molar-refractivity contribution in [2.24, 2.45) is 0 Å². The maximum Gasteiger partial charge on any atom is 0.573 e. The first kappa shape index (κ1) is 24.1. The molecule has 1 aromatic rings. The Kier molecular flexibility index (Phi) is 8.60. The number of benzene rings is 1. The van der Waals surface area contributed by atoms with E-state index in [1.165, 1.54) is 12.1 Å². The molecule has 1 unspecified atom stereocenters. The average Bonchev–Trinajstić information content (AvgIpc) is 2.57. The molecule has 1 fully saturated rings. The van der Waals surface area contributed by atoms with E-state index in [1.54, 1.807) is 17.0 Å². The quantitative estimate of drug-likeness (QED) is 0.707. The highest BCUT2D eigenvalue weighted by atomic mass is 19.4. The number of rotatable bonds is 3. The fraction of sp³-hybridized carbons (Fsp3) is 0.650. The molecule has 1 atom stereocenters. The number of nitrogens with zero attached hydrogens (tertiary/aromatic N) is 2. The van der Waals surface area contributed by atoms with Crippen LogP contribution in [-0.2, 0) is 11.3 Å². The Bertz CT molecular complexity index is 613. The smallest absolute Gasteiger partial charge is 0.444 e. The van der Waals surface area contributed by atoms with Crippen molar-refractivity contribution in [2.45, 2.75) is 66.1 Å². The lowest BCUT2D eigenvalue weighted by molar-refractivity contribution is -0.274. The van der Waals surface area contributed by atoms with Gasteiger partial charge in [0.1, 0.15) is 11.4 Å². The normalized spacial score (nSPS) is 18.2. The molecule has 8 heteroatoms.